The van der Waals surface area contributed by atoms with Crippen LogP contribution in [-0.4, -0.2) is 23.4 Å². The van der Waals surface area contributed by atoms with E-state index in [1.807, 2.05) is 0 Å². The molecular formula is C17H22ClNO3S. The molecule has 1 aromatic carbocycles. The number of nitrogens with one attached hydrogen (secondary N) is 1. The van der Waals surface area contributed by atoms with E-state index in [9.17, 15) is 4.79 Å². The molecule has 1 saturated carbocycles. The monoisotopic (exact) mass is 355 g/mol. The lowest BCUT2D eigenvalue weighted by molar-refractivity contribution is 0.0378. The summed E-state index contributed by atoms with van der Waals surface area (Å²) in [6.45, 7) is 3.59. The third-order valence-electron chi connectivity index (χ3n) is 3.60. The van der Waals surface area contributed by atoms with Gasteiger partial charge in [-0.15, -0.1) is 0 Å². The summed E-state index contributed by atoms with van der Waals surface area (Å²) in [7, 11) is 0. The lowest BCUT2D eigenvalue weighted by Gasteiger charge is -2.23. The van der Waals surface area contributed by atoms with E-state index in [1.165, 1.54) is 19.3 Å². The van der Waals surface area contributed by atoms with Gasteiger partial charge in [0.15, 0.2) is 0 Å². The van der Waals surface area contributed by atoms with Gasteiger partial charge in [0.2, 0.25) is 0 Å². The Morgan fingerprint density at radius 2 is 2.00 bits per heavy atom. The van der Waals surface area contributed by atoms with E-state index < -0.39 is 5.97 Å². The molecule has 0 heterocycles. The number of benzene rings is 1. The summed E-state index contributed by atoms with van der Waals surface area (Å²) in [5.74, 6) is -0.451. The maximum atomic E-state index is 12.0. The average Bonchev–Trinajstić information content (AvgIpc) is 2.49. The number of halogens is 1. The SMILES string of the molecule is CC(C)OC(=O)c1cc(NC(=S)OC2CCCCC2)ccc1Cl. The summed E-state index contributed by atoms with van der Waals surface area (Å²) in [6, 6.07) is 5.03. The van der Waals surface area contributed by atoms with E-state index in [4.69, 9.17) is 33.3 Å². The van der Waals surface area contributed by atoms with Crippen LogP contribution in [0, 0.1) is 0 Å². The lowest BCUT2D eigenvalue weighted by atomic mass is 9.98. The van der Waals surface area contributed by atoms with Crippen LogP contribution in [0.25, 0.3) is 0 Å². The van der Waals surface area contributed by atoms with Crippen LogP contribution in [-0.2, 0) is 9.47 Å². The Morgan fingerprint density at radius 1 is 1.30 bits per heavy atom. The van der Waals surface area contributed by atoms with E-state index in [0.29, 0.717) is 21.4 Å². The highest BCUT2D eigenvalue weighted by molar-refractivity contribution is 7.80. The highest BCUT2D eigenvalue weighted by Crippen LogP contribution is 2.24. The van der Waals surface area contributed by atoms with Gasteiger partial charge in [0, 0.05) is 5.69 Å². The van der Waals surface area contributed by atoms with Crippen LogP contribution in [0.1, 0.15) is 56.3 Å². The van der Waals surface area contributed by atoms with E-state index in [2.05, 4.69) is 5.32 Å². The average molecular weight is 356 g/mol. The smallest absolute Gasteiger partial charge is 0.339 e. The molecule has 0 spiro atoms. The van der Waals surface area contributed by atoms with Crippen molar-refractivity contribution in [3.8, 4) is 0 Å². The third kappa shape index (κ3) is 5.66. The molecule has 1 N–H and O–H groups in total. The minimum absolute atomic E-state index is 0.182. The van der Waals surface area contributed by atoms with Crippen molar-refractivity contribution >= 4 is 40.7 Å². The zero-order chi connectivity index (χ0) is 16.8. The van der Waals surface area contributed by atoms with Crippen molar-refractivity contribution in [1.82, 2.24) is 0 Å². The van der Waals surface area contributed by atoms with Gasteiger partial charge in [0.25, 0.3) is 5.17 Å². The van der Waals surface area contributed by atoms with Crippen LogP contribution in [0.3, 0.4) is 0 Å². The zero-order valence-corrected chi connectivity index (χ0v) is 15.0. The van der Waals surface area contributed by atoms with Gasteiger partial charge < -0.3 is 14.8 Å². The maximum Gasteiger partial charge on any atom is 0.339 e. The first-order valence-electron chi connectivity index (χ1n) is 7.94. The summed E-state index contributed by atoms with van der Waals surface area (Å²) in [6.07, 6.45) is 5.67. The molecule has 0 unspecified atom stereocenters. The van der Waals surface area contributed by atoms with Gasteiger partial charge >= 0.3 is 5.97 Å². The predicted octanol–water partition coefficient (Wildman–Crippen LogP) is 4.95. The van der Waals surface area contributed by atoms with Crippen molar-refractivity contribution in [3.63, 3.8) is 0 Å². The number of anilines is 1. The van der Waals surface area contributed by atoms with Crippen molar-refractivity contribution in [2.75, 3.05) is 5.32 Å². The Morgan fingerprint density at radius 3 is 2.65 bits per heavy atom. The van der Waals surface area contributed by atoms with Gasteiger partial charge in [0.1, 0.15) is 6.10 Å². The molecule has 0 aliphatic heterocycles. The van der Waals surface area contributed by atoms with Crippen LogP contribution < -0.4 is 5.32 Å². The van der Waals surface area contributed by atoms with Gasteiger partial charge in [-0.2, -0.15) is 0 Å². The van der Waals surface area contributed by atoms with Gasteiger partial charge in [-0.3, -0.25) is 0 Å². The largest absolute Gasteiger partial charge is 0.468 e. The Bertz CT molecular complexity index is 571. The second-order valence-corrected chi connectivity index (χ2v) is 6.72. The molecule has 0 atom stereocenters. The van der Waals surface area contributed by atoms with Crippen molar-refractivity contribution in [1.29, 1.82) is 0 Å². The van der Waals surface area contributed by atoms with Crippen LogP contribution in [0.2, 0.25) is 5.02 Å². The van der Waals surface area contributed by atoms with Gasteiger partial charge in [-0.25, -0.2) is 4.79 Å². The Hall–Kier alpha value is -1.33. The van der Waals surface area contributed by atoms with Crippen molar-refractivity contribution in [2.45, 2.75) is 58.2 Å². The second kappa shape index (κ2) is 8.50. The molecule has 2 rings (SSSR count). The number of carbonyl (C=O) groups is 1. The molecule has 1 aliphatic rings. The molecule has 0 amide bonds. The molecule has 4 nitrogen and oxygen atoms in total. The first kappa shape index (κ1) is 18.0. The number of rotatable bonds is 4. The summed E-state index contributed by atoms with van der Waals surface area (Å²) in [5, 5.41) is 3.68. The van der Waals surface area contributed by atoms with Crippen LogP contribution in [0.4, 0.5) is 5.69 Å². The third-order valence-corrected chi connectivity index (χ3v) is 4.13. The molecule has 1 aromatic rings. The summed E-state index contributed by atoms with van der Waals surface area (Å²) in [4.78, 5) is 12.0. The van der Waals surface area contributed by atoms with Crippen molar-refractivity contribution in [2.24, 2.45) is 0 Å². The van der Waals surface area contributed by atoms with E-state index in [-0.39, 0.29) is 12.2 Å². The standard InChI is InChI=1S/C17H22ClNO3S/c1-11(2)21-16(20)14-10-12(8-9-15(14)18)19-17(23)22-13-6-4-3-5-7-13/h8-11,13H,3-7H2,1-2H3,(H,19,23). The molecule has 23 heavy (non-hydrogen) atoms. The Kier molecular flexibility index (Phi) is 6.66. The molecule has 0 saturated heterocycles. The zero-order valence-electron chi connectivity index (χ0n) is 13.4. The highest BCUT2D eigenvalue weighted by Gasteiger charge is 2.17. The molecule has 6 heteroatoms. The van der Waals surface area contributed by atoms with E-state index >= 15 is 0 Å². The van der Waals surface area contributed by atoms with Crippen molar-refractivity contribution in [3.05, 3.63) is 28.8 Å². The number of thiocarbonyl (C=S) groups is 1. The van der Waals surface area contributed by atoms with Crippen LogP contribution in [0.5, 0.6) is 0 Å². The van der Waals surface area contributed by atoms with Gasteiger partial charge in [-0.05, 0) is 69.9 Å². The maximum absolute atomic E-state index is 12.0. The molecule has 1 aliphatic carbocycles. The molecule has 0 bridgehead atoms. The van der Waals surface area contributed by atoms with Crippen LogP contribution >= 0.6 is 23.8 Å². The lowest BCUT2D eigenvalue weighted by Crippen LogP contribution is -2.24. The number of ether oxygens (including phenoxy) is 2. The summed E-state index contributed by atoms with van der Waals surface area (Å²) < 4.78 is 10.9. The fraction of sp³-hybridized carbons (Fsp3) is 0.529. The summed E-state index contributed by atoms with van der Waals surface area (Å²) in [5.41, 5.74) is 0.969. The minimum atomic E-state index is -0.451. The van der Waals surface area contributed by atoms with E-state index in [1.54, 1.807) is 32.0 Å². The molecular weight excluding hydrogens is 334 g/mol. The fourth-order valence-electron chi connectivity index (χ4n) is 2.52. The minimum Gasteiger partial charge on any atom is -0.468 e. The highest BCUT2D eigenvalue weighted by atomic mass is 35.5. The molecule has 0 aromatic heterocycles. The molecule has 126 valence electrons. The number of carbonyl (C=O) groups excluding carboxylic acids is 1. The first-order valence-corrected chi connectivity index (χ1v) is 8.72. The Labute approximate surface area is 147 Å². The summed E-state index contributed by atoms with van der Waals surface area (Å²) >= 11 is 11.3. The van der Waals surface area contributed by atoms with Gasteiger partial charge in [0.05, 0.1) is 16.7 Å². The Balaban J connectivity index is 1.99. The predicted molar refractivity (Wildman–Crippen MR) is 96.2 cm³/mol. The van der Waals surface area contributed by atoms with Crippen LogP contribution in [0.15, 0.2) is 18.2 Å². The molecule has 1 fully saturated rings. The molecule has 0 radical (unpaired) electrons. The van der Waals surface area contributed by atoms with Crippen molar-refractivity contribution < 1.29 is 14.3 Å². The normalized spacial score (nSPS) is 15.3. The second-order valence-electron chi connectivity index (χ2n) is 5.94. The number of esters is 1. The first-order chi connectivity index (χ1) is 11.0. The number of hydrogen-bond donors (Lipinski definition) is 1. The fourth-order valence-corrected chi connectivity index (χ4v) is 2.97. The van der Waals surface area contributed by atoms with Gasteiger partial charge in [-0.1, -0.05) is 18.0 Å². The van der Waals surface area contributed by atoms with E-state index in [0.717, 1.165) is 12.8 Å². The topological polar surface area (TPSA) is 47.6 Å². The quantitative estimate of drug-likeness (QED) is 0.611. The number of hydrogen-bond acceptors (Lipinski definition) is 4.